The summed E-state index contributed by atoms with van der Waals surface area (Å²) in [5, 5.41) is 12.6. The molecule has 1 unspecified atom stereocenters. The molecule has 1 saturated heterocycles. The van der Waals surface area contributed by atoms with Crippen molar-refractivity contribution in [2.45, 2.75) is 114 Å². The van der Waals surface area contributed by atoms with Gasteiger partial charge in [-0.3, -0.25) is 0 Å². The van der Waals surface area contributed by atoms with Crippen LogP contribution >= 0.6 is 0 Å². The molecule has 13 nitrogen and oxygen atoms in total. The summed E-state index contributed by atoms with van der Waals surface area (Å²) in [7, 11) is 1.97. The first-order chi connectivity index (χ1) is 23.8. The van der Waals surface area contributed by atoms with Gasteiger partial charge in [0.2, 0.25) is 6.10 Å². The first kappa shape index (κ1) is 36.2. The smallest absolute Gasteiger partial charge is 0.477 e. The van der Waals surface area contributed by atoms with Gasteiger partial charge in [0.1, 0.15) is 17.0 Å². The van der Waals surface area contributed by atoms with Crippen molar-refractivity contribution in [3.63, 3.8) is 0 Å². The van der Waals surface area contributed by atoms with Crippen molar-refractivity contribution in [3.8, 4) is 11.5 Å². The van der Waals surface area contributed by atoms with Crippen LogP contribution in [0.5, 0.6) is 11.5 Å². The third-order valence-electron chi connectivity index (χ3n) is 9.68. The summed E-state index contributed by atoms with van der Waals surface area (Å²) < 4.78 is 39.6. The molecule has 13 heteroatoms. The fourth-order valence-electron chi connectivity index (χ4n) is 7.60. The Kier molecular flexibility index (Phi) is 9.12. The maximum Gasteiger partial charge on any atom is 0.514 e. The monoisotopic (exact) mass is 707 g/mol. The molecular formula is C38H45NO12. The second-order valence-corrected chi connectivity index (χ2v) is 15.5. The SMILES string of the molecule is CC(OC(=O)OC(C)(C)C)C(=O)O[C@H](C(=O)OC1=CC[C@@]2(O)[C@@H]3Cc4ccc(OC(=O)OC(C)(C)C)c5c4[C@@]2(CCN3C)[C@H]1O5)c1ccccc1. The van der Waals surface area contributed by atoms with Gasteiger partial charge in [-0.15, -0.1) is 0 Å². The zero-order chi connectivity index (χ0) is 37.1. The van der Waals surface area contributed by atoms with Crippen LogP contribution in [0.1, 0.15) is 84.1 Å². The summed E-state index contributed by atoms with van der Waals surface area (Å²) in [4.78, 5) is 54.4. The predicted octanol–water partition coefficient (Wildman–Crippen LogP) is 5.45. The highest BCUT2D eigenvalue weighted by Gasteiger charge is 2.72. The van der Waals surface area contributed by atoms with Crippen molar-refractivity contribution in [2.24, 2.45) is 0 Å². The van der Waals surface area contributed by atoms with Crippen LogP contribution in [0.3, 0.4) is 0 Å². The van der Waals surface area contributed by atoms with Gasteiger partial charge < -0.3 is 43.2 Å². The molecule has 2 aromatic carbocycles. The Morgan fingerprint density at radius 3 is 2.24 bits per heavy atom. The normalized spacial score (nSPS) is 25.9. The van der Waals surface area contributed by atoms with Crippen LogP contribution in [0.25, 0.3) is 0 Å². The van der Waals surface area contributed by atoms with Crippen molar-refractivity contribution in [2.75, 3.05) is 13.6 Å². The molecular weight excluding hydrogens is 662 g/mol. The largest absolute Gasteiger partial charge is 0.514 e. The minimum atomic E-state index is -1.55. The van der Waals surface area contributed by atoms with Gasteiger partial charge >= 0.3 is 24.2 Å². The van der Waals surface area contributed by atoms with Crippen molar-refractivity contribution < 1.29 is 57.4 Å². The van der Waals surface area contributed by atoms with Crippen molar-refractivity contribution in [1.29, 1.82) is 0 Å². The van der Waals surface area contributed by atoms with Gasteiger partial charge in [-0.25, -0.2) is 19.2 Å². The summed E-state index contributed by atoms with van der Waals surface area (Å²) in [6.45, 7) is 12.1. The summed E-state index contributed by atoms with van der Waals surface area (Å²) in [6.07, 6.45) is -3.19. The predicted molar refractivity (Wildman–Crippen MR) is 180 cm³/mol. The van der Waals surface area contributed by atoms with Crippen LogP contribution in [0.15, 0.2) is 54.3 Å². The molecule has 0 amide bonds. The Balaban J connectivity index is 1.31. The summed E-state index contributed by atoms with van der Waals surface area (Å²) in [5.74, 6) is -1.42. The molecule has 2 heterocycles. The molecule has 2 aliphatic carbocycles. The number of esters is 2. The first-order valence-corrected chi connectivity index (χ1v) is 17.1. The molecule has 6 rings (SSSR count). The van der Waals surface area contributed by atoms with E-state index in [1.54, 1.807) is 84.0 Å². The highest BCUT2D eigenvalue weighted by Crippen LogP contribution is 2.65. The average molecular weight is 708 g/mol. The van der Waals surface area contributed by atoms with Crippen LogP contribution in [-0.4, -0.2) is 82.9 Å². The molecule has 1 fully saturated rings. The van der Waals surface area contributed by atoms with E-state index in [9.17, 15) is 24.3 Å². The third-order valence-corrected chi connectivity index (χ3v) is 9.68. The highest BCUT2D eigenvalue weighted by atomic mass is 16.7. The maximum atomic E-state index is 14.1. The van der Waals surface area contributed by atoms with Crippen molar-refractivity contribution >= 4 is 24.2 Å². The van der Waals surface area contributed by atoms with E-state index in [0.717, 1.165) is 5.56 Å². The fraction of sp³-hybridized carbons (Fsp3) is 0.526. The maximum absolute atomic E-state index is 14.1. The summed E-state index contributed by atoms with van der Waals surface area (Å²) >= 11 is 0. The van der Waals surface area contributed by atoms with Gasteiger partial charge in [0.15, 0.2) is 23.7 Å². The van der Waals surface area contributed by atoms with E-state index in [1.165, 1.54) is 6.92 Å². The van der Waals surface area contributed by atoms with E-state index >= 15 is 0 Å². The summed E-state index contributed by atoms with van der Waals surface area (Å²) in [6, 6.07) is 11.5. The van der Waals surface area contributed by atoms with Crippen molar-refractivity contribution in [3.05, 3.63) is 71.0 Å². The van der Waals surface area contributed by atoms with E-state index in [1.807, 2.05) is 13.1 Å². The van der Waals surface area contributed by atoms with Gasteiger partial charge in [0.05, 0.1) is 11.0 Å². The van der Waals surface area contributed by atoms with Crippen LogP contribution < -0.4 is 9.47 Å². The Hall–Kier alpha value is -4.62. The Labute approximate surface area is 296 Å². The lowest BCUT2D eigenvalue weighted by Crippen LogP contribution is -2.74. The Morgan fingerprint density at radius 1 is 0.902 bits per heavy atom. The molecule has 0 aromatic heterocycles. The number of ether oxygens (including phenoxy) is 7. The molecule has 274 valence electrons. The zero-order valence-corrected chi connectivity index (χ0v) is 30.1. The molecule has 0 saturated carbocycles. The molecule has 1 N–H and O–H groups in total. The van der Waals surface area contributed by atoms with Crippen molar-refractivity contribution in [1.82, 2.24) is 4.90 Å². The number of likely N-dealkylation sites (N-methyl/N-ethyl adjacent to an activating group) is 1. The Morgan fingerprint density at radius 2 is 1.57 bits per heavy atom. The van der Waals surface area contributed by atoms with E-state index in [0.29, 0.717) is 30.5 Å². The number of likely N-dealkylation sites (tertiary alicyclic amines) is 1. The van der Waals surface area contributed by atoms with Crippen LogP contribution in [0.4, 0.5) is 9.59 Å². The average Bonchev–Trinajstić information content (AvgIpc) is 3.38. The Bertz CT molecular complexity index is 1760. The quantitative estimate of drug-likeness (QED) is 0.221. The number of carbonyl (C=O) groups is 4. The number of benzene rings is 2. The van der Waals surface area contributed by atoms with Gasteiger partial charge in [-0.1, -0.05) is 36.4 Å². The topological polar surface area (TPSA) is 156 Å². The van der Waals surface area contributed by atoms with Crippen LogP contribution in [-0.2, 0) is 45.1 Å². The zero-order valence-electron chi connectivity index (χ0n) is 30.1. The molecule has 1 spiro atoms. The molecule has 4 aliphatic rings. The fourth-order valence-corrected chi connectivity index (χ4v) is 7.60. The van der Waals surface area contributed by atoms with E-state index in [-0.39, 0.29) is 29.7 Å². The number of rotatable bonds is 7. The minimum absolute atomic E-state index is 0.118. The van der Waals surface area contributed by atoms with Gasteiger partial charge in [0, 0.05) is 23.6 Å². The third kappa shape index (κ3) is 6.64. The molecule has 2 aliphatic heterocycles. The molecule has 2 bridgehead atoms. The number of aliphatic hydroxyl groups is 1. The highest BCUT2D eigenvalue weighted by molar-refractivity contribution is 5.84. The lowest BCUT2D eigenvalue weighted by molar-refractivity contribution is -0.179. The van der Waals surface area contributed by atoms with E-state index in [4.69, 9.17) is 33.2 Å². The van der Waals surface area contributed by atoms with Gasteiger partial charge in [-0.05, 0) is 92.6 Å². The molecule has 0 radical (unpaired) electrons. The number of nitrogens with zero attached hydrogens (tertiary/aromatic N) is 1. The van der Waals surface area contributed by atoms with Gasteiger partial charge in [-0.2, -0.15) is 0 Å². The number of piperidine rings is 1. The second-order valence-electron chi connectivity index (χ2n) is 15.5. The molecule has 2 aromatic rings. The van der Waals surface area contributed by atoms with Gasteiger partial charge in [0.25, 0.3) is 0 Å². The number of carbonyl (C=O) groups excluding carboxylic acids is 4. The first-order valence-electron chi connectivity index (χ1n) is 17.1. The lowest BCUT2D eigenvalue weighted by Gasteiger charge is -2.61. The van der Waals surface area contributed by atoms with Crippen LogP contribution in [0.2, 0.25) is 0 Å². The minimum Gasteiger partial charge on any atom is -0.477 e. The van der Waals surface area contributed by atoms with E-state index in [2.05, 4.69) is 4.90 Å². The van der Waals surface area contributed by atoms with Crippen LogP contribution in [0, 0.1) is 0 Å². The lowest BCUT2D eigenvalue weighted by atomic mass is 9.50. The van der Waals surface area contributed by atoms with E-state index < -0.39 is 64.8 Å². The number of hydrogen-bond donors (Lipinski definition) is 1. The molecule has 6 atom stereocenters. The summed E-state index contributed by atoms with van der Waals surface area (Å²) in [5.41, 5.74) is -2.08. The second kappa shape index (κ2) is 12.9. The number of hydrogen-bond acceptors (Lipinski definition) is 13. The molecule has 51 heavy (non-hydrogen) atoms. The standard InChI is InChI=1S/C38H45NO12/c1-21(45-33(42)50-35(2,3)4)31(40)49-28(22-12-10-9-11-13-22)32(41)46-25-16-17-38(44)26-20-23-14-15-24(47-34(43)51-36(5,6)7)29-27(23)37(38,30(25)48-29)18-19-39(26)8/h9-16,21,26,28,30,44H,17-20H2,1-8H3/t21?,26-,28-,30-,37-,38+/m0/s1.